The van der Waals surface area contributed by atoms with Crippen molar-refractivity contribution in [2.75, 3.05) is 13.2 Å². The van der Waals surface area contributed by atoms with Gasteiger partial charge in [-0.3, -0.25) is 19.7 Å². The maximum atomic E-state index is 12.5. The Balaban J connectivity index is 2.00. The molecule has 0 atom stereocenters. The number of carbonyl (C=O) groups is 2. The predicted octanol–water partition coefficient (Wildman–Crippen LogP) is 2.87. The molecule has 1 N–H and O–H groups in total. The van der Waals surface area contributed by atoms with Crippen LogP contribution in [0.25, 0.3) is 0 Å². The number of rotatable bonds is 10. The molecule has 142 valence electrons. The Hall–Kier alpha value is -3.42. The Morgan fingerprint density at radius 2 is 1.85 bits per heavy atom. The number of non-ortho nitro benzene ring substituents is 1. The van der Waals surface area contributed by atoms with Crippen LogP contribution in [0.4, 0.5) is 5.69 Å². The molecule has 0 heterocycles. The van der Waals surface area contributed by atoms with Crippen LogP contribution in [-0.4, -0.2) is 40.0 Å². The number of nitro groups is 1. The summed E-state index contributed by atoms with van der Waals surface area (Å²) in [6.07, 6.45) is 0.287. The van der Waals surface area contributed by atoms with E-state index in [1.165, 1.54) is 29.2 Å². The van der Waals surface area contributed by atoms with Gasteiger partial charge in [-0.2, -0.15) is 0 Å². The minimum atomic E-state index is -0.921. The molecule has 2 aromatic rings. The third-order valence-corrected chi connectivity index (χ3v) is 3.78. The smallest absolute Gasteiger partial charge is 0.303 e. The molecule has 0 bridgehead atoms. The number of hydrogen-bond donors (Lipinski definition) is 1. The monoisotopic (exact) mass is 372 g/mol. The van der Waals surface area contributed by atoms with Crippen molar-refractivity contribution in [1.29, 1.82) is 0 Å². The maximum Gasteiger partial charge on any atom is 0.303 e. The zero-order valence-corrected chi connectivity index (χ0v) is 14.6. The molecule has 0 aliphatic heterocycles. The van der Waals surface area contributed by atoms with Crippen molar-refractivity contribution < 1.29 is 24.4 Å². The predicted molar refractivity (Wildman–Crippen MR) is 97.3 cm³/mol. The Bertz CT molecular complexity index is 794. The van der Waals surface area contributed by atoms with Crippen LogP contribution >= 0.6 is 0 Å². The molecule has 1 amide bonds. The summed E-state index contributed by atoms with van der Waals surface area (Å²) in [4.78, 5) is 35.0. The molecule has 8 heteroatoms. The second-order valence-corrected chi connectivity index (χ2v) is 5.84. The van der Waals surface area contributed by atoms with Gasteiger partial charge in [-0.15, -0.1) is 0 Å². The number of carbonyl (C=O) groups excluding carboxylic acids is 1. The molecule has 8 nitrogen and oxygen atoms in total. The lowest BCUT2D eigenvalue weighted by atomic mass is 10.2. The van der Waals surface area contributed by atoms with E-state index in [9.17, 15) is 19.7 Å². The van der Waals surface area contributed by atoms with Gasteiger partial charge in [-0.1, -0.05) is 36.4 Å². The minimum Gasteiger partial charge on any atom is -0.484 e. The Labute approximate surface area is 156 Å². The van der Waals surface area contributed by atoms with Crippen LogP contribution in [0.1, 0.15) is 18.4 Å². The second kappa shape index (κ2) is 9.91. The lowest BCUT2D eigenvalue weighted by Crippen LogP contribution is -2.35. The lowest BCUT2D eigenvalue weighted by molar-refractivity contribution is -0.384. The van der Waals surface area contributed by atoms with E-state index >= 15 is 0 Å². The highest BCUT2D eigenvalue weighted by Gasteiger charge is 2.16. The summed E-state index contributed by atoms with van der Waals surface area (Å²) < 4.78 is 5.39. The van der Waals surface area contributed by atoms with E-state index in [-0.39, 0.29) is 36.9 Å². The van der Waals surface area contributed by atoms with E-state index in [0.717, 1.165) is 5.56 Å². The molecule has 2 rings (SSSR count). The van der Waals surface area contributed by atoms with Gasteiger partial charge in [0.15, 0.2) is 6.61 Å². The van der Waals surface area contributed by atoms with Gasteiger partial charge >= 0.3 is 5.97 Å². The van der Waals surface area contributed by atoms with Gasteiger partial charge in [0, 0.05) is 25.6 Å². The summed E-state index contributed by atoms with van der Waals surface area (Å²) in [7, 11) is 0. The van der Waals surface area contributed by atoms with Gasteiger partial charge in [0.2, 0.25) is 0 Å². The van der Waals surface area contributed by atoms with E-state index in [2.05, 4.69) is 0 Å². The molecule has 0 unspecified atom stereocenters. The zero-order chi connectivity index (χ0) is 19.6. The van der Waals surface area contributed by atoms with Crippen molar-refractivity contribution in [2.24, 2.45) is 0 Å². The summed E-state index contributed by atoms with van der Waals surface area (Å²) in [5.41, 5.74) is 0.791. The molecule has 0 aliphatic rings. The third kappa shape index (κ3) is 6.77. The van der Waals surface area contributed by atoms with Crippen LogP contribution in [-0.2, 0) is 16.1 Å². The highest BCUT2D eigenvalue weighted by molar-refractivity contribution is 5.78. The topological polar surface area (TPSA) is 110 Å². The number of amides is 1. The molecule has 0 aromatic heterocycles. The highest BCUT2D eigenvalue weighted by Crippen LogP contribution is 2.19. The molecule has 27 heavy (non-hydrogen) atoms. The number of carboxylic acids is 1. The first-order valence-electron chi connectivity index (χ1n) is 8.36. The van der Waals surface area contributed by atoms with Crippen LogP contribution in [0.15, 0.2) is 54.6 Å². The quantitative estimate of drug-likeness (QED) is 0.507. The van der Waals surface area contributed by atoms with Crippen molar-refractivity contribution in [3.8, 4) is 5.75 Å². The molecule has 2 aromatic carbocycles. The van der Waals surface area contributed by atoms with Gasteiger partial charge in [0.05, 0.1) is 11.0 Å². The first kappa shape index (κ1) is 19.9. The Kier molecular flexibility index (Phi) is 7.30. The number of benzene rings is 2. The molecular weight excluding hydrogens is 352 g/mol. The van der Waals surface area contributed by atoms with Gasteiger partial charge in [-0.05, 0) is 18.1 Å². The SMILES string of the molecule is O=C(O)CCCN(Cc1ccccc1)C(=O)COc1cccc([N+](=O)[O-])c1. The molecular formula is C19H20N2O6. The number of ether oxygens (including phenoxy) is 1. The number of hydrogen-bond acceptors (Lipinski definition) is 5. The van der Waals surface area contributed by atoms with Crippen molar-refractivity contribution in [2.45, 2.75) is 19.4 Å². The lowest BCUT2D eigenvalue weighted by Gasteiger charge is -2.22. The van der Waals surface area contributed by atoms with Gasteiger partial charge in [0.1, 0.15) is 5.75 Å². The molecule has 0 saturated carbocycles. The van der Waals surface area contributed by atoms with Crippen LogP contribution in [0.5, 0.6) is 5.75 Å². The largest absolute Gasteiger partial charge is 0.484 e. The third-order valence-electron chi connectivity index (χ3n) is 3.78. The maximum absolute atomic E-state index is 12.5. The standard InChI is InChI=1S/C19H20N2O6/c22-18(14-27-17-9-4-8-16(12-17)21(25)26)20(11-5-10-19(23)24)13-15-6-2-1-3-7-15/h1-4,6-9,12H,5,10-11,13-14H2,(H,23,24). The van der Waals surface area contributed by atoms with Crippen molar-refractivity contribution in [3.05, 3.63) is 70.3 Å². The van der Waals surface area contributed by atoms with Gasteiger partial charge in [-0.25, -0.2) is 0 Å². The van der Waals surface area contributed by atoms with E-state index in [1.54, 1.807) is 0 Å². The van der Waals surface area contributed by atoms with E-state index in [4.69, 9.17) is 9.84 Å². The van der Waals surface area contributed by atoms with Crippen molar-refractivity contribution in [3.63, 3.8) is 0 Å². The number of nitrogens with zero attached hydrogens (tertiary/aromatic N) is 2. The molecule has 0 saturated heterocycles. The fraction of sp³-hybridized carbons (Fsp3) is 0.263. The number of nitro benzene ring substituents is 1. The van der Waals surface area contributed by atoms with E-state index in [1.807, 2.05) is 30.3 Å². The van der Waals surface area contributed by atoms with E-state index < -0.39 is 10.9 Å². The minimum absolute atomic E-state index is 0.0374. The molecule has 0 aliphatic carbocycles. The summed E-state index contributed by atoms with van der Waals surface area (Å²) in [6, 6.07) is 14.9. The average Bonchev–Trinajstić information content (AvgIpc) is 2.66. The van der Waals surface area contributed by atoms with Gasteiger partial charge in [0.25, 0.3) is 11.6 Å². The number of carboxylic acid groups (broad SMARTS) is 1. The molecule has 0 spiro atoms. The van der Waals surface area contributed by atoms with Crippen LogP contribution in [0.3, 0.4) is 0 Å². The Morgan fingerprint density at radius 1 is 1.11 bits per heavy atom. The summed E-state index contributed by atoms with van der Waals surface area (Å²) in [6.45, 7) is 0.316. The summed E-state index contributed by atoms with van der Waals surface area (Å²) in [5.74, 6) is -1.02. The first-order chi connectivity index (χ1) is 13.0. The van der Waals surface area contributed by atoms with Crippen molar-refractivity contribution in [1.82, 2.24) is 4.90 Å². The second-order valence-electron chi connectivity index (χ2n) is 5.84. The van der Waals surface area contributed by atoms with E-state index in [0.29, 0.717) is 13.0 Å². The fourth-order valence-corrected chi connectivity index (χ4v) is 2.44. The van der Waals surface area contributed by atoms with Crippen LogP contribution in [0, 0.1) is 10.1 Å². The molecule has 0 fully saturated rings. The number of aliphatic carboxylic acids is 1. The fourth-order valence-electron chi connectivity index (χ4n) is 2.44. The average molecular weight is 372 g/mol. The van der Waals surface area contributed by atoms with Crippen LogP contribution < -0.4 is 4.74 Å². The summed E-state index contributed by atoms with van der Waals surface area (Å²) in [5, 5.41) is 19.6. The van der Waals surface area contributed by atoms with Crippen LogP contribution in [0.2, 0.25) is 0 Å². The normalized spacial score (nSPS) is 10.2. The highest BCUT2D eigenvalue weighted by atomic mass is 16.6. The zero-order valence-electron chi connectivity index (χ0n) is 14.6. The van der Waals surface area contributed by atoms with Gasteiger partial charge < -0.3 is 14.7 Å². The Morgan fingerprint density at radius 3 is 2.52 bits per heavy atom. The summed E-state index contributed by atoms with van der Waals surface area (Å²) >= 11 is 0. The molecule has 0 radical (unpaired) electrons. The van der Waals surface area contributed by atoms with Crippen molar-refractivity contribution >= 4 is 17.6 Å². The first-order valence-corrected chi connectivity index (χ1v) is 8.36.